The molecule has 1 atom stereocenters. The van der Waals surface area contributed by atoms with Crippen molar-refractivity contribution in [3.05, 3.63) is 64.0 Å². The van der Waals surface area contributed by atoms with Crippen LogP contribution in [-0.2, 0) is 17.6 Å². The van der Waals surface area contributed by atoms with E-state index in [-0.39, 0.29) is 18.4 Å². The van der Waals surface area contributed by atoms with Crippen LogP contribution in [0.1, 0.15) is 40.6 Å². The summed E-state index contributed by atoms with van der Waals surface area (Å²) < 4.78 is 5.17. The summed E-state index contributed by atoms with van der Waals surface area (Å²) >= 11 is 6.05. The van der Waals surface area contributed by atoms with E-state index in [1.54, 1.807) is 0 Å². The van der Waals surface area contributed by atoms with Gasteiger partial charge in [0.25, 0.3) is 0 Å². The van der Waals surface area contributed by atoms with E-state index in [1.165, 1.54) is 11.1 Å². The van der Waals surface area contributed by atoms with Crippen LogP contribution in [0, 0.1) is 13.8 Å². The van der Waals surface area contributed by atoms with Gasteiger partial charge in [0.05, 0.1) is 24.7 Å². The Labute approximate surface area is 147 Å². The number of hydrogen-bond acceptors (Lipinski definition) is 3. The van der Waals surface area contributed by atoms with Gasteiger partial charge in [-0.1, -0.05) is 47.6 Å². The molecule has 1 aliphatic carbocycles. The Hall–Kier alpha value is -2.07. The highest BCUT2D eigenvalue weighted by Crippen LogP contribution is 2.36. The molecule has 24 heavy (non-hydrogen) atoms. The predicted molar refractivity (Wildman–Crippen MR) is 93.9 cm³/mol. The van der Waals surface area contributed by atoms with Gasteiger partial charge in [0, 0.05) is 10.6 Å². The number of hydrogen-bond donors (Lipinski definition) is 0. The molecule has 0 spiro atoms. The van der Waals surface area contributed by atoms with Crippen molar-refractivity contribution >= 4 is 17.5 Å². The first-order chi connectivity index (χ1) is 11.5. The molecular formula is C19H21ClN2O2. The zero-order valence-corrected chi connectivity index (χ0v) is 14.8. The van der Waals surface area contributed by atoms with Crippen molar-refractivity contribution in [1.82, 2.24) is 10.1 Å². The van der Waals surface area contributed by atoms with E-state index in [0.29, 0.717) is 17.3 Å². The van der Waals surface area contributed by atoms with Gasteiger partial charge >= 0.3 is 0 Å². The summed E-state index contributed by atoms with van der Waals surface area (Å²) in [6.07, 6.45) is 2.16. The normalized spacial score (nSPS) is 16.0. The molecule has 126 valence electrons. The Balaban J connectivity index is 1.87. The predicted octanol–water partition coefficient (Wildman–Crippen LogP) is 4.10. The number of carbonyl (C=O) groups excluding carboxylic acids is 1. The van der Waals surface area contributed by atoms with Crippen molar-refractivity contribution in [2.45, 2.75) is 39.2 Å². The number of aromatic nitrogens is 1. The largest absolute Gasteiger partial charge is 0.361 e. The first kappa shape index (κ1) is 16.8. The lowest BCUT2D eigenvalue weighted by atomic mass is 10.0. The van der Waals surface area contributed by atoms with E-state index in [2.05, 4.69) is 23.9 Å². The SMILES string of the molecule is C=C(Cl)CN(C(=O)Cc1c(C)noc1C)[C@H]1CCc2ccccc21. The second-order valence-electron chi connectivity index (χ2n) is 6.27. The van der Waals surface area contributed by atoms with Gasteiger partial charge in [-0.2, -0.15) is 0 Å². The van der Waals surface area contributed by atoms with Gasteiger partial charge in [-0.15, -0.1) is 0 Å². The lowest BCUT2D eigenvalue weighted by Gasteiger charge is -2.29. The van der Waals surface area contributed by atoms with Crippen molar-refractivity contribution in [3.8, 4) is 0 Å². The van der Waals surface area contributed by atoms with Crippen LogP contribution in [0.3, 0.4) is 0 Å². The molecule has 2 aromatic rings. The molecule has 0 fully saturated rings. The molecule has 0 radical (unpaired) electrons. The average molecular weight is 345 g/mol. The monoisotopic (exact) mass is 344 g/mol. The summed E-state index contributed by atoms with van der Waals surface area (Å²) in [4.78, 5) is 14.8. The van der Waals surface area contributed by atoms with Crippen molar-refractivity contribution in [2.24, 2.45) is 0 Å². The van der Waals surface area contributed by atoms with Crippen LogP contribution < -0.4 is 0 Å². The molecule has 0 aliphatic heterocycles. The van der Waals surface area contributed by atoms with E-state index in [0.717, 1.165) is 24.1 Å². The number of rotatable bonds is 5. The van der Waals surface area contributed by atoms with Crippen molar-refractivity contribution in [3.63, 3.8) is 0 Å². The number of fused-ring (bicyclic) bond motifs is 1. The number of amides is 1. The molecule has 1 amide bonds. The molecule has 1 aromatic carbocycles. The minimum absolute atomic E-state index is 0.0212. The van der Waals surface area contributed by atoms with Gasteiger partial charge in [0.2, 0.25) is 5.91 Å². The third-order valence-corrected chi connectivity index (χ3v) is 4.77. The van der Waals surface area contributed by atoms with E-state index in [1.807, 2.05) is 30.9 Å². The smallest absolute Gasteiger partial charge is 0.228 e. The van der Waals surface area contributed by atoms with E-state index < -0.39 is 0 Å². The summed E-state index contributed by atoms with van der Waals surface area (Å²) in [6.45, 7) is 7.82. The first-order valence-corrected chi connectivity index (χ1v) is 8.47. The van der Waals surface area contributed by atoms with Crippen LogP contribution in [0.2, 0.25) is 0 Å². The Kier molecular flexibility index (Phi) is 4.76. The van der Waals surface area contributed by atoms with Gasteiger partial charge in [-0.3, -0.25) is 4.79 Å². The molecule has 3 rings (SSSR count). The molecule has 0 saturated heterocycles. The molecule has 4 nitrogen and oxygen atoms in total. The van der Waals surface area contributed by atoms with Gasteiger partial charge < -0.3 is 9.42 Å². The molecule has 0 unspecified atom stereocenters. The van der Waals surface area contributed by atoms with E-state index in [9.17, 15) is 4.79 Å². The molecule has 0 saturated carbocycles. The fraction of sp³-hybridized carbons (Fsp3) is 0.368. The van der Waals surface area contributed by atoms with Crippen LogP contribution in [0.25, 0.3) is 0 Å². The minimum atomic E-state index is 0.0212. The van der Waals surface area contributed by atoms with Crippen LogP contribution in [0.4, 0.5) is 0 Å². The first-order valence-electron chi connectivity index (χ1n) is 8.09. The molecule has 1 aliphatic rings. The standard InChI is InChI=1S/C19H21ClN2O2/c1-12(20)11-22(18-9-8-15-6-4-5-7-16(15)18)19(23)10-17-13(2)21-24-14(17)3/h4-7,18H,1,8-11H2,2-3H3/t18-/m0/s1. The highest BCUT2D eigenvalue weighted by molar-refractivity contribution is 6.29. The summed E-state index contributed by atoms with van der Waals surface area (Å²) in [6, 6.07) is 8.33. The fourth-order valence-electron chi connectivity index (χ4n) is 3.42. The van der Waals surface area contributed by atoms with Crippen LogP contribution in [0.15, 0.2) is 40.4 Å². The van der Waals surface area contributed by atoms with Crippen LogP contribution in [-0.4, -0.2) is 22.5 Å². The summed E-state index contributed by atoms with van der Waals surface area (Å²) in [5.74, 6) is 0.713. The maximum Gasteiger partial charge on any atom is 0.228 e. The second-order valence-corrected chi connectivity index (χ2v) is 6.81. The average Bonchev–Trinajstić information content (AvgIpc) is 3.11. The Bertz CT molecular complexity index is 762. The van der Waals surface area contributed by atoms with Crippen molar-refractivity contribution in [2.75, 3.05) is 6.54 Å². The van der Waals surface area contributed by atoms with Gasteiger partial charge in [-0.05, 0) is 37.8 Å². The molecule has 0 bridgehead atoms. The van der Waals surface area contributed by atoms with Gasteiger partial charge in [0.1, 0.15) is 5.76 Å². The Morgan fingerprint density at radius 3 is 2.83 bits per heavy atom. The Morgan fingerprint density at radius 2 is 2.17 bits per heavy atom. The zero-order chi connectivity index (χ0) is 17.3. The maximum atomic E-state index is 13.0. The molecular weight excluding hydrogens is 324 g/mol. The lowest BCUT2D eigenvalue weighted by molar-refractivity contribution is -0.132. The number of aryl methyl sites for hydroxylation is 3. The topological polar surface area (TPSA) is 46.3 Å². The zero-order valence-electron chi connectivity index (χ0n) is 14.0. The molecule has 5 heteroatoms. The van der Waals surface area contributed by atoms with Crippen molar-refractivity contribution < 1.29 is 9.32 Å². The summed E-state index contributed by atoms with van der Waals surface area (Å²) in [5.41, 5.74) is 4.13. The maximum absolute atomic E-state index is 13.0. The summed E-state index contributed by atoms with van der Waals surface area (Å²) in [7, 11) is 0. The minimum Gasteiger partial charge on any atom is -0.361 e. The van der Waals surface area contributed by atoms with Crippen molar-refractivity contribution in [1.29, 1.82) is 0 Å². The molecule has 1 aromatic heterocycles. The fourth-order valence-corrected chi connectivity index (χ4v) is 3.55. The van der Waals surface area contributed by atoms with Gasteiger partial charge in [0.15, 0.2) is 0 Å². The van der Waals surface area contributed by atoms with E-state index >= 15 is 0 Å². The quantitative estimate of drug-likeness (QED) is 0.820. The highest BCUT2D eigenvalue weighted by Gasteiger charge is 2.31. The second kappa shape index (κ2) is 6.81. The number of carbonyl (C=O) groups is 1. The third-order valence-electron chi connectivity index (χ3n) is 4.65. The lowest BCUT2D eigenvalue weighted by Crippen LogP contribution is -2.36. The molecule has 1 heterocycles. The number of halogens is 1. The molecule has 0 N–H and O–H groups in total. The highest BCUT2D eigenvalue weighted by atomic mass is 35.5. The third kappa shape index (κ3) is 3.24. The van der Waals surface area contributed by atoms with Gasteiger partial charge in [-0.25, -0.2) is 0 Å². The number of nitrogens with zero attached hydrogens (tertiary/aromatic N) is 2. The van der Waals surface area contributed by atoms with Crippen LogP contribution in [0.5, 0.6) is 0 Å². The number of benzene rings is 1. The van der Waals surface area contributed by atoms with Crippen LogP contribution >= 0.6 is 11.6 Å². The van der Waals surface area contributed by atoms with E-state index in [4.69, 9.17) is 16.1 Å². The summed E-state index contributed by atoms with van der Waals surface area (Å²) in [5, 5.41) is 4.40. The Morgan fingerprint density at radius 1 is 1.42 bits per heavy atom.